The van der Waals surface area contributed by atoms with Crippen LogP contribution in [0.3, 0.4) is 0 Å². The average molecular weight is 441 g/mol. The van der Waals surface area contributed by atoms with Gasteiger partial charge in [0.25, 0.3) is 10.0 Å². The molecule has 0 radical (unpaired) electrons. The van der Waals surface area contributed by atoms with E-state index >= 15 is 0 Å². The van der Waals surface area contributed by atoms with Crippen LogP contribution in [-0.4, -0.2) is 27.6 Å². The zero-order valence-electron chi connectivity index (χ0n) is 15.1. The second kappa shape index (κ2) is 7.31. The fourth-order valence-electron chi connectivity index (χ4n) is 2.65. The number of benzene rings is 1. The molecule has 28 heavy (non-hydrogen) atoms. The normalized spacial score (nSPS) is 14.1. The molecule has 7 nitrogen and oxygen atoms in total. The second-order valence-corrected chi connectivity index (χ2v) is 9.65. The van der Waals surface area contributed by atoms with Gasteiger partial charge in [0.05, 0.1) is 36.0 Å². The number of hydrogen-bond donors (Lipinski definition) is 1. The molecule has 148 valence electrons. The van der Waals surface area contributed by atoms with Gasteiger partial charge in [-0.1, -0.05) is 11.6 Å². The standard InChI is InChI=1S/C18H17ClN2O5S2/c1-24-13-8-14(25-2)12(7-11(13)19)21-28(22,23)17-6-5-16(27-17)15-9-20-18(26-15)10-3-4-10/h5-10,21H,3-4H2,1-2H3. The van der Waals surface area contributed by atoms with Crippen LogP contribution < -0.4 is 14.2 Å². The quantitative estimate of drug-likeness (QED) is 0.570. The highest BCUT2D eigenvalue weighted by molar-refractivity contribution is 7.94. The van der Waals surface area contributed by atoms with E-state index in [0.29, 0.717) is 33.9 Å². The van der Waals surface area contributed by atoms with E-state index in [2.05, 4.69) is 9.71 Å². The summed E-state index contributed by atoms with van der Waals surface area (Å²) in [5, 5.41) is 0.266. The Kier molecular flexibility index (Phi) is 4.98. The number of aromatic nitrogens is 1. The van der Waals surface area contributed by atoms with Gasteiger partial charge in [0.2, 0.25) is 0 Å². The topological polar surface area (TPSA) is 90.7 Å². The third-order valence-electron chi connectivity index (χ3n) is 4.26. The van der Waals surface area contributed by atoms with Crippen LogP contribution in [0, 0.1) is 0 Å². The van der Waals surface area contributed by atoms with Crippen molar-refractivity contribution >= 4 is 38.6 Å². The molecule has 1 saturated carbocycles. The fourth-order valence-corrected chi connectivity index (χ4v) is 5.21. The SMILES string of the molecule is COc1cc(OC)c(NS(=O)(=O)c2ccc(-c3cnc(C4CC4)o3)s2)cc1Cl. The number of nitrogens with one attached hydrogen (secondary N) is 1. The van der Waals surface area contributed by atoms with E-state index in [4.69, 9.17) is 25.5 Å². The maximum atomic E-state index is 12.8. The lowest BCUT2D eigenvalue weighted by Crippen LogP contribution is -2.12. The summed E-state index contributed by atoms with van der Waals surface area (Å²) in [5.41, 5.74) is 0.221. The van der Waals surface area contributed by atoms with Crippen LogP contribution in [0.25, 0.3) is 10.6 Å². The minimum absolute atomic E-state index is 0.140. The Morgan fingerprint density at radius 3 is 2.64 bits per heavy atom. The number of oxazole rings is 1. The van der Waals surface area contributed by atoms with Crippen LogP contribution in [-0.2, 0) is 10.0 Å². The summed E-state index contributed by atoms with van der Waals surface area (Å²) in [7, 11) is -0.936. The van der Waals surface area contributed by atoms with Gasteiger partial charge in [-0.2, -0.15) is 0 Å². The van der Waals surface area contributed by atoms with Gasteiger partial charge in [0.1, 0.15) is 15.7 Å². The highest BCUT2D eigenvalue weighted by Gasteiger charge is 2.29. The van der Waals surface area contributed by atoms with E-state index in [0.717, 1.165) is 24.2 Å². The summed E-state index contributed by atoms with van der Waals surface area (Å²) in [6.07, 6.45) is 3.80. The Morgan fingerprint density at radius 1 is 1.21 bits per heavy atom. The number of halogens is 1. The molecule has 1 N–H and O–H groups in total. The molecule has 0 bridgehead atoms. The summed E-state index contributed by atoms with van der Waals surface area (Å²) in [4.78, 5) is 4.97. The first-order chi connectivity index (χ1) is 13.4. The van der Waals surface area contributed by atoms with Crippen molar-refractivity contribution in [2.75, 3.05) is 18.9 Å². The Labute approximate surface area is 171 Å². The predicted molar refractivity (Wildman–Crippen MR) is 107 cm³/mol. The zero-order valence-corrected chi connectivity index (χ0v) is 17.5. The molecule has 0 amide bonds. The van der Waals surface area contributed by atoms with Crippen LogP contribution in [0.15, 0.2) is 39.1 Å². The number of sulfonamides is 1. The van der Waals surface area contributed by atoms with Crippen LogP contribution >= 0.6 is 22.9 Å². The fraction of sp³-hybridized carbons (Fsp3) is 0.278. The Balaban J connectivity index is 1.60. The monoisotopic (exact) mass is 440 g/mol. The van der Waals surface area contributed by atoms with Crippen LogP contribution in [0.4, 0.5) is 5.69 Å². The molecule has 0 spiro atoms. The molecular weight excluding hydrogens is 424 g/mol. The molecule has 10 heteroatoms. The van der Waals surface area contributed by atoms with E-state index < -0.39 is 10.0 Å². The molecule has 1 aliphatic rings. The molecule has 1 fully saturated rings. The van der Waals surface area contributed by atoms with Gasteiger partial charge < -0.3 is 13.9 Å². The van der Waals surface area contributed by atoms with Crippen molar-refractivity contribution in [2.45, 2.75) is 23.0 Å². The number of ether oxygens (including phenoxy) is 2. The third-order valence-corrected chi connectivity index (χ3v) is 7.51. The van der Waals surface area contributed by atoms with Gasteiger partial charge in [-0.05, 0) is 31.0 Å². The number of hydrogen-bond acceptors (Lipinski definition) is 7. The first-order valence-electron chi connectivity index (χ1n) is 8.41. The van der Waals surface area contributed by atoms with Crippen molar-refractivity contribution in [1.82, 2.24) is 4.98 Å². The van der Waals surface area contributed by atoms with Gasteiger partial charge in [-0.15, -0.1) is 11.3 Å². The van der Waals surface area contributed by atoms with Crippen molar-refractivity contribution < 1.29 is 22.3 Å². The van der Waals surface area contributed by atoms with E-state index in [-0.39, 0.29) is 14.9 Å². The number of methoxy groups -OCH3 is 2. The number of anilines is 1. The summed E-state index contributed by atoms with van der Waals surface area (Å²) in [6, 6.07) is 6.20. The van der Waals surface area contributed by atoms with Crippen LogP contribution in [0.2, 0.25) is 5.02 Å². The lowest BCUT2D eigenvalue weighted by Gasteiger charge is -2.13. The Hall–Kier alpha value is -2.23. The highest BCUT2D eigenvalue weighted by Crippen LogP contribution is 2.42. The van der Waals surface area contributed by atoms with Crippen molar-refractivity contribution in [3.8, 4) is 22.1 Å². The maximum absolute atomic E-state index is 12.8. The summed E-state index contributed by atoms with van der Waals surface area (Å²) < 4.78 is 44.4. The Morgan fingerprint density at radius 2 is 1.96 bits per heavy atom. The molecule has 0 saturated heterocycles. The molecular formula is C18H17ClN2O5S2. The number of rotatable bonds is 7. The molecule has 0 atom stereocenters. The molecule has 4 rings (SSSR count). The smallest absolute Gasteiger partial charge is 0.271 e. The van der Waals surface area contributed by atoms with Crippen molar-refractivity contribution in [2.24, 2.45) is 0 Å². The van der Waals surface area contributed by atoms with Gasteiger partial charge >= 0.3 is 0 Å². The van der Waals surface area contributed by atoms with Crippen LogP contribution in [0.1, 0.15) is 24.7 Å². The number of thiophene rings is 1. The summed E-state index contributed by atoms with van der Waals surface area (Å²) >= 11 is 7.22. The highest BCUT2D eigenvalue weighted by atomic mass is 35.5. The van der Waals surface area contributed by atoms with E-state index in [1.54, 1.807) is 12.3 Å². The molecule has 1 aliphatic carbocycles. The maximum Gasteiger partial charge on any atom is 0.271 e. The van der Waals surface area contributed by atoms with Gasteiger partial charge in [-0.3, -0.25) is 4.72 Å². The molecule has 0 unspecified atom stereocenters. The Bertz CT molecular complexity index is 1120. The average Bonchev–Trinajstić information content (AvgIpc) is 3.19. The summed E-state index contributed by atoms with van der Waals surface area (Å²) in [5.74, 6) is 2.36. The van der Waals surface area contributed by atoms with E-state index in [9.17, 15) is 8.42 Å². The summed E-state index contributed by atoms with van der Waals surface area (Å²) in [6.45, 7) is 0. The predicted octanol–water partition coefficient (Wildman–Crippen LogP) is 4.75. The van der Waals surface area contributed by atoms with Gasteiger partial charge in [-0.25, -0.2) is 13.4 Å². The van der Waals surface area contributed by atoms with Crippen molar-refractivity contribution in [1.29, 1.82) is 0 Å². The lowest BCUT2D eigenvalue weighted by atomic mass is 10.3. The molecule has 1 aromatic carbocycles. The van der Waals surface area contributed by atoms with Crippen LogP contribution in [0.5, 0.6) is 11.5 Å². The lowest BCUT2D eigenvalue weighted by molar-refractivity contribution is 0.396. The first kappa shape index (κ1) is 19.1. The second-order valence-electron chi connectivity index (χ2n) is 6.25. The largest absolute Gasteiger partial charge is 0.495 e. The van der Waals surface area contributed by atoms with Gasteiger partial charge in [0, 0.05) is 12.0 Å². The van der Waals surface area contributed by atoms with Crippen molar-refractivity contribution in [3.63, 3.8) is 0 Å². The van der Waals surface area contributed by atoms with E-state index in [1.807, 2.05) is 0 Å². The van der Waals surface area contributed by atoms with Crippen molar-refractivity contribution in [3.05, 3.63) is 41.4 Å². The zero-order chi connectivity index (χ0) is 19.9. The minimum Gasteiger partial charge on any atom is -0.495 e. The van der Waals surface area contributed by atoms with Gasteiger partial charge in [0.15, 0.2) is 11.7 Å². The minimum atomic E-state index is -3.84. The first-order valence-corrected chi connectivity index (χ1v) is 11.1. The number of nitrogens with zero attached hydrogens (tertiary/aromatic N) is 1. The molecule has 0 aliphatic heterocycles. The molecule has 3 aromatic rings. The molecule has 2 heterocycles. The molecule has 2 aromatic heterocycles. The third kappa shape index (κ3) is 3.69. The van der Waals surface area contributed by atoms with E-state index in [1.165, 1.54) is 32.4 Å².